The number of nitrogens with zero attached hydrogens (tertiary/aromatic N) is 3. The minimum absolute atomic E-state index is 0.194. The van der Waals surface area contributed by atoms with Gasteiger partial charge in [0.05, 0.1) is 32.7 Å². The highest BCUT2D eigenvalue weighted by atomic mass is 16.5. The van der Waals surface area contributed by atoms with Crippen LogP contribution in [0.15, 0.2) is 12.4 Å². The smallest absolute Gasteiger partial charge is 0.358 e. The molecule has 0 unspecified atom stereocenters. The van der Waals surface area contributed by atoms with Gasteiger partial charge in [0.2, 0.25) is 0 Å². The number of ether oxygens (including phenoxy) is 2. The van der Waals surface area contributed by atoms with Crippen molar-refractivity contribution in [3.63, 3.8) is 0 Å². The quantitative estimate of drug-likeness (QED) is 0.738. The molecule has 7 heteroatoms. The Morgan fingerprint density at radius 3 is 2.76 bits per heavy atom. The van der Waals surface area contributed by atoms with Gasteiger partial charge in [0.1, 0.15) is 0 Å². The Labute approximate surface area is 98.7 Å². The van der Waals surface area contributed by atoms with Crippen molar-refractivity contribution in [3.8, 4) is 0 Å². The predicted octanol–water partition coefficient (Wildman–Crippen LogP) is -0.0777. The predicted molar refractivity (Wildman–Crippen MR) is 59.4 cm³/mol. The van der Waals surface area contributed by atoms with Crippen LogP contribution in [0.2, 0.25) is 0 Å². The van der Waals surface area contributed by atoms with Crippen LogP contribution in [0.25, 0.3) is 0 Å². The van der Waals surface area contributed by atoms with Crippen LogP contribution in [0.4, 0.5) is 5.82 Å². The molecule has 1 aromatic heterocycles. The van der Waals surface area contributed by atoms with Gasteiger partial charge in [0, 0.05) is 13.1 Å². The molecular weight excluding hydrogens is 224 g/mol. The van der Waals surface area contributed by atoms with Crippen LogP contribution in [0.1, 0.15) is 10.5 Å². The number of carbonyl (C=O) groups is 1. The first-order chi connectivity index (χ1) is 8.29. The van der Waals surface area contributed by atoms with Crippen LogP contribution >= 0.6 is 0 Å². The molecule has 0 saturated carbocycles. The summed E-state index contributed by atoms with van der Waals surface area (Å²) in [4.78, 5) is 19.2. The molecule has 0 bridgehead atoms. The zero-order chi connectivity index (χ0) is 12.1. The molecule has 0 atom stereocenters. The first-order valence-electron chi connectivity index (χ1n) is 5.29. The number of rotatable bonds is 3. The zero-order valence-corrected chi connectivity index (χ0v) is 9.55. The van der Waals surface area contributed by atoms with Crippen LogP contribution in [0, 0.1) is 0 Å². The van der Waals surface area contributed by atoms with E-state index in [4.69, 9.17) is 4.74 Å². The second kappa shape index (κ2) is 5.55. The number of nitrogens with one attached hydrogen (secondary N) is 1. The van der Waals surface area contributed by atoms with Gasteiger partial charge < -0.3 is 14.9 Å². The first-order valence-corrected chi connectivity index (χ1v) is 5.29. The average Bonchev–Trinajstić information content (AvgIpc) is 2.40. The van der Waals surface area contributed by atoms with Gasteiger partial charge in [0.25, 0.3) is 0 Å². The summed E-state index contributed by atoms with van der Waals surface area (Å²) in [7, 11) is 1.31. The van der Waals surface area contributed by atoms with Gasteiger partial charge in [-0.1, -0.05) is 0 Å². The van der Waals surface area contributed by atoms with E-state index >= 15 is 0 Å². The Bertz CT molecular complexity index is 376. The molecule has 1 N–H and O–H groups in total. The largest absolute Gasteiger partial charge is 0.464 e. The van der Waals surface area contributed by atoms with Crippen molar-refractivity contribution in [2.45, 2.75) is 0 Å². The molecule has 0 aliphatic carbocycles. The number of hydrogen-bond donors (Lipinski definition) is 1. The minimum atomic E-state index is -0.490. The fourth-order valence-corrected chi connectivity index (χ4v) is 1.43. The van der Waals surface area contributed by atoms with E-state index in [0.29, 0.717) is 19.0 Å². The number of hydrazine groups is 1. The van der Waals surface area contributed by atoms with Gasteiger partial charge in [-0.2, -0.15) is 0 Å². The van der Waals surface area contributed by atoms with Crippen molar-refractivity contribution < 1.29 is 14.3 Å². The second-order valence-electron chi connectivity index (χ2n) is 3.49. The lowest BCUT2D eigenvalue weighted by Gasteiger charge is -2.27. The number of methoxy groups -OCH3 is 1. The molecular formula is C10H14N4O3. The van der Waals surface area contributed by atoms with Crippen molar-refractivity contribution in [2.75, 3.05) is 38.8 Å². The lowest BCUT2D eigenvalue weighted by Crippen LogP contribution is -2.40. The lowest BCUT2D eigenvalue weighted by molar-refractivity contribution is 0.0494. The number of anilines is 1. The molecule has 7 nitrogen and oxygen atoms in total. The molecule has 1 saturated heterocycles. The van der Waals surface area contributed by atoms with Crippen molar-refractivity contribution in [2.24, 2.45) is 0 Å². The Kier molecular flexibility index (Phi) is 3.84. The topological polar surface area (TPSA) is 76.6 Å². The van der Waals surface area contributed by atoms with Gasteiger partial charge in [0.15, 0.2) is 11.5 Å². The summed E-state index contributed by atoms with van der Waals surface area (Å²) in [5, 5.41) is 1.99. The summed E-state index contributed by atoms with van der Waals surface area (Å²) < 4.78 is 9.76. The molecule has 2 rings (SSSR count). The summed E-state index contributed by atoms with van der Waals surface area (Å²) in [6, 6.07) is 0. The van der Waals surface area contributed by atoms with Crippen molar-refractivity contribution >= 4 is 11.8 Å². The van der Waals surface area contributed by atoms with Gasteiger partial charge in [-0.3, -0.25) is 0 Å². The van der Waals surface area contributed by atoms with Crippen molar-refractivity contribution in [1.82, 2.24) is 15.0 Å². The van der Waals surface area contributed by atoms with E-state index < -0.39 is 5.97 Å². The minimum Gasteiger partial charge on any atom is -0.464 e. The highest BCUT2D eigenvalue weighted by Crippen LogP contribution is 2.05. The maximum atomic E-state index is 11.1. The fraction of sp³-hybridized carbons (Fsp3) is 0.500. The van der Waals surface area contributed by atoms with Gasteiger partial charge >= 0.3 is 5.97 Å². The molecule has 1 aliphatic rings. The third-order valence-electron chi connectivity index (χ3n) is 2.33. The molecule has 1 aliphatic heterocycles. The summed E-state index contributed by atoms with van der Waals surface area (Å²) >= 11 is 0. The van der Waals surface area contributed by atoms with Crippen LogP contribution in [-0.2, 0) is 9.47 Å². The van der Waals surface area contributed by atoms with E-state index in [2.05, 4.69) is 20.1 Å². The summed E-state index contributed by atoms with van der Waals surface area (Å²) in [5.41, 5.74) is 3.29. The molecule has 17 heavy (non-hydrogen) atoms. The SMILES string of the molecule is COC(=O)c1cnc(NN2CCOCC2)cn1. The highest BCUT2D eigenvalue weighted by molar-refractivity contribution is 5.86. The average molecular weight is 238 g/mol. The van der Waals surface area contributed by atoms with E-state index in [-0.39, 0.29) is 5.69 Å². The normalized spacial score (nSPS) is 16.5. The standard InChI is InChI=1S/C10H14N4O3/c1-16-10(15)8-6-12-9(7-11-8)13-14-2-4-17-5-3-14/h6-7H,2-5H2,1H3,(H,12,13). The van der Waals surface area contributed by atoms with Crippen LogP contribution in [0.3, 0.4) is 0 Å². The monoisotopic (exact) mass is 238 g/mol. The van der Waals surface area contributed by atoms with Gasteiger partial charge in [-0.25, -0.2) is 19.8 Å². The van der Waals surface area contributed by atoms with Crippen LogP contribution < -0.4 is 5.43 Å². The van der Waals surface area contributed by atoms with Crippen LogP contribution in [-0.4, -0.2) is 54.4 Å². The van der Waals surface area contributed by atoms with Crippen molar-refractivity contribution in [1.29, 1.82) is 0 Å². The molecule has 1 fully saturated rings. The Hall–Kier alpha value is -1.73. The third kappa shape index (κ3) is 3.11. The Morgan fingerprint density at radius 1 is 1.41 bits per heavy atom. The summed E-state index contributed by atoms with van der Waals surface area (Å²) in [5.74, 6) is 0.106. The number of aromatic nitrogens is 2. The summed E-state index contributed by atoms with van der Waals surface area (Å²) in [6.07, 6.45) is 2.89. The maximum Gasteiger partial charge on any atom is 0.358 e. The second-order valence-corrected chi connectivity index (χ2v) is 3.49. The Balaban J connectivity index is 1.95. The zero-order valence-electron chi connectivity index (χ0n) is 9.55. The maximum absolute atomic E-state index is 11.1. The molecule has 0 spiro atoms. The molecule has 0 aromatic carbocycles. The van der Waals surface area contributed by atoms with E-state index in [1.165, 1.54) is 19.5 Å². The molecule has 0 radical (unpaired) electrons. The van der Waals surface area contributed by atoms with E-state index in [1.54, 1.807) is 0 Å². The number of carbonyl (C=O) groups excluding carboxylic acids is 1. The third-order valence-corrected chi connectivity index (χ3v) is 2.33. The highest BCUT2D eigenvalue weighted by Gasteiger charge is 2.11. The number of esters is 1. The first kappa shape index (κ1) is 11.7. The van der Waals surface area contributed by atoms with E-state index in [9.17, 15) is 4.79 Å². The molecule has 92 valence electrons. The lowest BCUT2D eigenvalue weighted by atomic mass is 10.4. The molecule has 2 heterocycles. The van der Waals surface area contributed by atoms with Gasteiger partial charge in [-0.15, -0.1) is 0 Å². The molecule has 0 amide bonds. The Morgan fingerprint density at radius 2 is 2.18 bits per heavy atom. The molecule has 1 aromatic rings. The summed E-state index contributed by atoms with van der Waals surface area (Å²) in [6.45, 7) is 2.97. The number of hydrogen-bond acceptors (Lipinski definition) is 7. The van der Waals surface area contributed by atoms with Crippen molar-refractivity contribution in [3.05, 3.63) is 18.1 Å². The van der Waals surface area contributed by atoms with E-state index in [1.807, 2.05) is 5.01 Å². The number of morpholine rings is 1. The van der Waals surface area contributed by atoms with Crippen LogP contribution in [0.5, 0.6) is 0 Å². The van der Waals surface area contributed by atoms with E-state index in [0.717, 1.165) is 13.1 Å². The van der Waals surface area contributed by atoms with Gasteiger partial charge in [-0.05, 0) is 0 Å². The fourth-order valence-electron chi connectivity index (χ4n) is 1.43.